The van der Waals surface area contributed by atoms with Crippen molar-refractivity contribution in [1.82, 2.24) is 24.6 Å². The van der Waals surface area contributed by atoms with Gasteiger partial charge in [-0.1, -0.05) is 13.3 Å². The van der Waals surface area contributed by atoms with Crippen molar-refractivity contribution in [2.24, 2.45) is 5.92 Å². The van der Waals surface area contributed by atoms with Crippen LogP contribution in [0.2, 0.25) is 0 Å². The standard InChI is InChI=1S/C23H31N5O6S/c1-5-15-12-23(15,22(30)27-35(31,32)28(2)3)26-20(29)19-11-17(13-25-19)34-21-18-7-6-16(33-4)10-14(18)8-9-24-21/h6-10,15,17,19,25H,5,11-13H2,1-4H3,(H,26,29)(H,27,30)/t15-,17-,19+,23-/m1/s1. The molecular formula is C23H31N5O6S. The Morgan fingerprint density at radius 3 is 2.71 bits per heavy atom. The summed E-state index contributed by atoms with van der Waals surface area (Å²) in [6.45, 7) is 2.33. The third-order valence-corrected chi connectivity index (χ3v) is 8.08. The van der Waals surface area contributed by atoms with E-state index in [9.17, 15) is 18.0 Å². The molecule has 1 aliphatic carbocycles. The van der Waals surface area contributed by atoms with Crippen LogP contribution in [0.15, 0.2) is 30.5 Å². The molecule has 3 N–H and O–H groups in total. The molecule has 4 atom stereocenters. The molecule has 1 aromatic heterocycles. The second-order valence-electron chi connectivity index (χ2n) is 9.13. The van der Waals surface area contributed by atoms with E-state index in [1.165, 1.54) is 14.1 Å². The van der Waals surface area contributed by atoms with Crippen LogP contribution in [-0.2, 0) is 19.8 Å². The van der Waals surface area contributed by atoms with Crippen LogP contribution >= 0.6 is 0 Å². The predicted octanol–water partition coefficient (Wildman–Crippen LogP) is 0.560. The van der Waals surface area contributed by atoms with Crippen molar-refractivity contribution in [3.05, 3.63) is 30.5 Å². The lowest BCUT2D eigenvalue weighted by Gasteiger charge is -2.22. The minimum absolute atomic E-state index is 0.130. The van der Waals surface area contributed by atoms with Gasteiger partial charge < -0.3 is 20.1 Å². The lowest BCUT2D eigenvalue weighted by Crippen LogP contribution is -2.56. The number of aromatic nitrogens is 1. The maximum atomic E-state index is 13.0. The third-order valence-electron chi connectivity index (χ3n) is 6.67. The van der Waals surface area contributed by atoms with Crippen LogP contribution in [0.5, 0.6) is 11.6 Å². The highest BCUT2D eigenvalue weighted by Gasteiger charge is 2.61. The predicted molar refractivity (Wildman–Crippen MR) is 129 cm³/mol. The number of carbonyl (C=O) groups is 2. The normalized spacial score (nSPS) is 25.9. The summed E-state index contributed by atoms with van der Waals surface area (Å²) in [6, 6.07) is 6.90. The molecule has 2 heterocycles. The second-order valence-corrected chi connectivity index (χ2v) is 11.0. The molecule has 1 saturated carbocycles. The van der Waals surface area contributed by atoms with Crippen LogP contribution in [0.1, 0.15) is 26.2 Å². The van der Waals surface area contributed by atoms with Crippen LogP contribution in [0.4, 0.5) is 0 Å². The van der Waals surface area contributed by atoms with Crippen molar-refractivity contribution in [3.63, 3.8) is 0 Å². The fraction of sp³-hybridized carbons (Fsp3) is 0.522. The van der Waals surface area contributed by atoms with Gasteiger partial charge in [0.15, 0.2) is 0 Å². The van der Waals surface area contributed by atoms with Crippen molar-refractivity contribution in [2.45, 2.75) is 43.9 Å². The first-order chi connectivity index (χ1) is 16.6. The van der Waals surface area contributed by atoms with E-state index in [0.717, 1.165) is 20.8 Å². The number of hydrogen-bond acceptors (Lipinski definition) is 8. The zero-order valence-electron chi connectivity index (χ0n) is 20.2. The van der Waals surface area contributed by atoms with E-state index >= 15 is 0 Å². The zero-order valence-corrected chi connectivity index (χ0v) is 21.0. The molecule has 1 aliphatic heterocycles. The summed E-state index contributed by atoms with van der Waals surface area (Å²) < 4.78 is 38.6. The SMILES string of the molecule is CC[C@@H]1C[C@]1(NC(=O)[C@@H]1C[C@@H](Oc2nccc3cc(OC)ccc23)CN1)C(=O)NS(=O)(=O)N(C)C. The molecule has 2 amide bonds. The molecule has 1 saturated heterocycles. The highest BCUT2D eigenvalue weighted by atomic mass is 32.2. The van der Waals surface area contributed by atoms with Crippen molar-refractivity contribution in [2.75, 3.05) is 27.7 Å². The Morgan fingerprint density at radius 2 is 2.06 bits per heavy atom. The number of rotatable bonds is 9. The summed E-state index contributed by atoms with van der Waals surface area (Å²) in [6.07, 6.45) is 2.76. The van der Waals surface area contributed by atoms with Gasteiger partial charge in [-0.05, 0) is 42.0 Å². The highest BCUT2D eigenvalue weighted by Crippen LogP contribution is 2.46. The lowest BCUT2D eigenvalue weighted by atomic mass is 10.1. The molecule has 190 valence electrons. The summed E-state index contributed by atoms with van der Waals surface area (Å²) in [5, 5.41) is 7.72. The minimum Gasteiger partial charge on any atom is -0.497 e. The molecular weight excluding hydrogens is 474 g/mol. The number of carbonyl (C=O) groups excluding carboxylic acids is 2. The molecule has 0 radical (unpaired) electrons. The Balaban J connectivity index is 1.41. The van der Waals surface area contributed by atoms with E-state index in [2.05, 4.69) is 20.3 Å². The van der Waals surface area contributed by atoms with E-state index in [0.29, 0.717) is 31.7 Å². The average molecular weight is 506 g/mol. The van der Waals surface area contributed by atoms with Gasteiger partial charge >= 0.3 is 10.2 Å². The number of benzene rings is 1. The Morgan fingerprint density at radius 1 is 1.29 bits per heavy atom. The van der Waals surface area contributed by atoms with Gasteiger partial charge in [0.2, 0.25) is 11.8 Å². The summed E-state index contributed by atoms with van der Waals surface area (Å²) in [5.74, 6) is -0.00602. The molecule has 11 nitrogen and oxygen atoms in total. The topological polar surface area (TPSA) is 139 Å². The summed E-state index contributed by atoms with van der Waals surface area (Å²) in [7, 11) is 0.301. The number of fused-ring (bicyclic) bond motifs is 1. The minimum atomic E-state index is -3.96. The van der Waals surface area contributed by atoms with Crippen molar-refractivity contribution in [3.8, 4) is 11.6 Å². The van der Waals surface area contributed by atoms with Crippen LogP contribution in [0, 0.1) is 5.92 Å². The number of methoxy groups -OCH3 is 1. The third kappa shape index (κ3) is 5.04. The molecule has 12 heteroatoms. The number of amides is 2. The Kier molecular flexibility index (Phi) is 6.89. The fourth-order valence-corrected chi connectivity index (χ4v) is 5.02. The van der Waals surface area contributed by atoms with E-state index in [4.69, 9.17) is 9.47 Å². The first-order valence-electron chi connectivity index (χ1n) is 11.5. The average Bonchev–Trinajstić information content (AvgIpc) is 3.34. The van der Waals surface area contributed by atoms with Crippen molar-refractivity contribution < 1.29 is 27.5 Å². The van der Waals surface area contributed by atoms with Gasteiger partial charge in [-0.2, -0.15) is 12.7 Å². The lowest BCUT2D eigenvalue weighted by molar-refractivity contribution is -0.130. The van der Waals surface area contributed by atoms with Crippen molar-refractivity contribution >= 4 is 32.8 Å². The van der Waals surface area contributed by atoms with Gasteiger partial charge in [-0.25, -0.2) is 9.71 Å². The molecule has 0 bridgehead atoms. The van der Waals surface area contributed by atoms with Crippen LogP contribution < -0.4 is 24.8 Å². The number of nitrogens with one attached hydrogen (secondary N) is 3. The van der Waals surface area contributed by atoms with Gasteiger partial charge in [-0.15, -0.1) is 0 Å². The summed E-state index contributed by atoms with van der Waals surface area (Å²) in [5.41, 5.74) is -1.23. The number of hydrogen-bond donors (Lipinski definition) is 3. The van der Waals surface area contributed by atoms with E-state index in [1.807, 2.05) is 31.2 Å². The summed E-state index contributed by atoms with van der Waals surface area (Å²) >= 11 is 0. The van der Waals surface area contributed by atoms with Crippen molar-refractivity contribution in [1.29, 1.82) is 0 Å². The monoisotopic (exact) mass is 505 g/mol. The number of pyridine rings is 1. The highest BCUT2D eigenvalue weighted by molar-refractivity contribution is 7.87. The molecule has 2 aromatic rings. The van der Waals surface area contributed by atoms with Crippen LogP contribution in [-0.4, -0.2) is 75.0 Å². The maximum Gasteiger partial charge on any atom is 0.303 e. The largest absolute Gasteiger partial charge is 0.497 e. The zero-order chi connectivity index (χ0) is 25.4. The van der Waals surface area contributed by atoms with Gasteiger partial charge in [-0.3, -0.25) is 9.59 Å². The Hall–Kier alpha value is -2.96. The van der Waals surface area contributed by atoms with Gasteiger partial charge in [0.25, 0.3) is 5.91 Å². The fourth-order valence-electron chi connectivity index (χ4n) is 4.42. The smallest absolute Gasteiger partial charge is 0.303 e. The molecule has 2 aliphatic rings. The molecule has 2 fully saturated rings. The van der Waals surface area contributed by atoms with Gasteiger partial charge in [0.05, 0.1) is 13.2 Å². The van der Waals surface area contributed by atoms with E-state index in [-0.39, 0.29) is 17.9 Å². The number of nitrogens with zero attached hydrogens (tertiary/aromatic N) is 2. The molecule has 0 spiro atoms. The van der Waals surface area contributed by atoms with E-state index < -0.39 is 27.7 Å². The van der Waals surface area contributed by atoms with Gasteiger partial charge in [0.1, 0.15) is 17.4 Å². The number of ether oxygens (including phenoxy) is 2. The first kappa shape index (κ1) is 25.1. The quantitative estimate of drug-likeness (QED) is 0.449. The first-order valence-corrected chi connectivity index (χ1v) is 12.9. The maximum absolute atomic E-state index is 13.0. The van der Waals surface area contributed by atoms with Crippen LogP contribution in [0.25, 0.3) is 10.8 Å². The van der Waals surface area contributed by atoms with Gasteiger partial charge in [0, 0.05) is 38.6 Å². The van der Waals surface area contributed by atoms with E-state index in [1.54, 1.807) is 13.3 Å². The molecule has 35 heavy (non-hydrogen) atoms. The second kappa shape index (κ2) is 9.59. The Bertz CT molecular complexity index is 1240. The molecule has 0 unspecified atom stereocenters. The summed E-state index contributed by atoms with van der Waals surface area (Å²) in [4.78, 5) is 30.2. The van der Waals surface area contributed by atoms with Crippen LogP contribution in [0.3, 0.4) is 0 Å². The Labute approximate surface area is 204 Å². The molecule has 1 aromatic carbocycles. The molecule has 4 rings (SSSR count).